The molecule has 3 rings (SSSR count). The molecule has 0 radical (unpaired) electrons. The van der Waals surface area contributed by atoms with E-state index < -0.39 is 12.0 Å². The van der Waals surface area contributed by atoms with E-state index in [4.69, 9.17) is 4.74 Å². The summed E-state index contributed by atoms with van der Waals surface area (Å²) in [6.45, 7) is 4.48. The standard InChI is InChI=1S/C20H27NO4/c1-13(2)25-12-14-7-9-15(10-8-14)19(22)21-17-6-4-3-5-16(17)11-18(21)20(23)24/h7-10,13,16-18H,3-6,11-12H2,1-2H3,(H,23,24). The van der Waals surface area contributed by atoms with Crippen molar-refractivity contribution in [2.75, 3.05) is 0 Å². The number of fused-ring (bicyclic) bond motifs is 1. The number of carboxylic acid groups (broad SMARTS) is 1. The van der Waals surface area contributed by atoms with Crippen LogP contribution in [0.5, 0.6) is 0 Å². The predicted molar refractivity (Wildman–Crippen MR) is 94.3 cm³/mol. The number of hydrogen-bond donors (Lipinski definition) is 1. The number of carbonyl (C=O) groups excluding carboxylic acids is 1. The minimum atomic E-state index is -0.885. The largest absolute Gasteiger partial charge is 0.480 e. The summed E-state index contributed by atoms with van der Waals surface area (Å²) in [7, 11) is 0. The van der Waals surface area contributed by atoms with Gasteiger partial charge in [-0.05, 0) is 56.7 Å². The summed E-state index contributed by atoms with van der Waals surface area (Å²) in [6, 6.07) is 6.74. The first kappa shape index (κ1) is 17.9. The van der Waals surface area contributed by atoms with Gasteiger partial charge >= 0.3 is 5.97 Å². The number of amides is 1. The summed E-state index contributed by atoms with van der Waals surface area (Å²) in [5, 5.41) is 9.58. The van der Waals surface area contributed by atoms with Crippen molar-refractivity contribution in [2.24, 2.45) is 5.92 Å². The second kappa shape index (κ2) is 7.56. The number of nitrogens with zero attached hydrogens (tertiary/aromatic N) is 1. The summed E-state index contributed by atoms with van der Waals surface area (Å²) in [5.74, 6) is -0.708. The molecule has 1 aliphatic heterocycles. The lowest BCUT2D eigenvalue weighted by Crippen LogP contribution is -2.46. The minimum Gasteiger partial charge on any atom is -0.480 e. The average Bonchev–Trinajstić information content (AvgIpc) is 2.99. The van der Waals surface area contributed by atoms with Crippen molar-refractivity contribution in [1.29, 1.82) is 0 Å². The van der Waals surface area contributed by atoms with E-state index >= 15 is 0 Å². The van der Waals surface area contributed by atoms with E-state index in [0.29, 0.717) is 24.5 Å². The molecule has 1 saturated carbocycles. The van der Waals surface area contributed by atoms with Crippen LogP contribution in [0.1, 0.15) is 61.9 Å². The lowest BCUT2D eigenvalue weighted by Gasteiger charge is -2.33. The molecule has 3 atom stereocenters. The van der Waals surface area contributed by atoms with E-state index in [1.54, 1.807) is 17.0 Å². The van der Waals surface area contributed by atoms with Crippen LogP contribution in [0.4, 0.5) is 0 Å². The second-order valence-electron chi connectivity index (χ2n) is 7.47. The monoisotopic (exact) mass is 345 g/mol. The molecule has 0 bridgehead atoms. The molecule has 25 heavy (non-hydrogen) atoms. The molecule has 1 N–H and O–H groups in total. The molecule has 2 fully saturated rings. The van der Waals surface area contributed by atoms with Gasteiger partial charge in [0.2, 0.25) is 0 Å². The number of rotatable bonds is 5. The first-order chi connectivity index (χ1) is 12.0. The Morgan fingerprint density at radius 3 is 2.52 bits per heavy atom. The molecule has 1 heterocycles. The van der Waals surface area contributed by atoms with E-state index in [9.17, 15) is 14.7 Å². The quantitative estimate of drug-likeness (QED) is 0.887. The van der Waals surface area contributed by atoms with Gasteiger partial charge in [-0.1, -0.05) is 25.0 Å². The Balaban J connectivity index is 1.76. The zero-order valence-corrected chi connectivity index (χ0v) is 15.0. The Morgan fingerprint density at radius 1 is 1.20 bits per heavy atom. The van der Waals surface area contributed by atoms with Crippen LogP contribution in [0.2, 0.25) is 0 Å². The molecule has 3 unspecified atom stereocenters. The van der Waals surface area contributed by atoms with Gasteiger partial charge in [0.1, 0.15) is 6.04 Å². The molecular weight excluding hydrogens is 318 g/mol. The number of carbonyl (C=O) groups is 2. The van der Waals surface area contributed by atoms with Gasteiger partial charge in [0, 0.05) is 11.6 Å². The average molecular weight is 345 g/mol. The highest BCUT2D eigenvalue weighted by atomic mass is 16.5. The van der Waals surface area contributed by atoms with Crippen molar-refractivity contribution in [3.05, 3.63) is 35.4 Å². The van der Waals surface area contributed by atoms with Crippen LogP contribution in [0.25, 0.3) is 0 Å². The van der Waals surface area contributed by atoms with Gasteiger partial charge in [-0.15, -0.1) is 0 Å². The normalized spacial score (nSPS) is 25.9. The lowest BCUT2D eigenvalue weighted by atomic mass is 9.84. The third kappa shape index (κ3) is 3.87. The Hall–Kier alpha value is -1.88. The fraction of sp³-hybridized carbons (Fsp3) is 0.600. The van der Waals surface area contributed by atoms with Crippen LogP contribution in [0, 0.1) is 5.92 Å². The fourth-order valence-corrected chi connectivity index (χ4v) is 4.13. The molecule has 1 aromatic rings. The number of carboxylic acids is 1. The molecule has 0 aromatic heterocycles. The number of benzene rings is 1. The van der Waals surface area contributed by atoms with Crippen LogP contribution in [0.15, 0.2) is 24.3 Å². The first-order valence-electron chi connectivity index (χ1n) is 9.23. The highest BCUT2D eigenvalue weighted by molar-refractivity contribution is 5.97. The Bertz CT molecular complexity index is 625. The van der Waals surface area contributed by atoms with Gasteiger partial charge in [0.05, 0.1) is 12.7 Å². The summed E-state index contributed by atoms with van der Waals surface area (Å²) in [5.41, 5.74) is 1.57. The summed E-state index contributed by atoms with van der Waals surface area (Å²) >= 11 is 0. The van der Waals surface area contributed by atoms with Crippen LogP contribution in [0.3, 0.4) is 0 Å². The van der Waals surface area contributed by atoms with Crippen LogP contribution in [-0.4, -0.2) is 40.1 Å². The highest BCUT2D eigenvalue weighted by Gasteiger charge is 2.47. The Kier molecular flexibility index (Phi) is 5.42. The number of likely N-dealkylation sites (tertiary alicyclic amines) is 1. The third-order valence-electron chi connectivity index (χ3n) is 5.39. The van der Waals surface area contributed by atoms with Crippen molar-refractivity contribution in [1.82, 2.24) is 4.90 Å². The highest BCUT2D eigenvalue weighted by Crippen LogP contribution is 2.40. The first-order valence-corrected chi connectivity index (χ1v) is 9.23. The maximum Gasteiger partial charge on any atom is 0.326 e. The van der Waals surface area contributed by atoms with Gasteiger partial charge in [-0.2, -0.15) is 0 Å². The van der Waals surface area contributed by atoms with E-state index in [-0.39, 0.29) is 18.1 Å². The van der Waals surface area contributed by atoms with Crippen molar-refractivity contribution in [3.63, 3.8) is 0 Å². The fourth-order valence-electron chi connectivity index (χ4n) is 4.13. The SMILES string of the molecule is CC(C)OCc1ccc(C(=O)N2C(C(=O)O)CC3CCCCC32)cc1. The molecule has 5 nitrogen and oxygen atoms in total. The molecule has 2 aliphatic rings. The minimum absolute atomic E-state index is 0.0753. The smallest absolute Gasteiger partial charge is 0.326 e. The molecule has 1 aromatic carbocycles. The number of hydrogen-bond acceptors (Lipinski definition) is 3. The van der Waals surface area contributed by atoms with Gasteiger partial charge in [-0.3, -0.25) is 4.79 Å². The van der Waals surface area contributed by atoms with Gasteiger partial charge in [-0.25, -0.2) is 4.79 Å². The third-order valence-corrected chi connectivity index (χ3v) is 5.39. The molecule has 1 aliphatic carbocycles. The zero-order chi connectivity index (χ0) is 18.0. The predicted octanol–water partition coefficient (Wildman–Crippen LogP) is 3.47. The van der Waals surface area contributed by atoms with Crippen LogP contribution in [-0.2, 0) is 16.1 Å². The maximum absolute atomic E-state index is 13.0. The second-order valence-corrected chi connectivity index (χ2v) is 7.47. The van der Waals surface area contributed by atoms with E-state index in [1.807, 2.05) is 26.0 Å². The maximum atomic E-state index is 13.0. The molecule has 136 valence electrons. The number of aliphatic carboxylic acids is 1. The summed E-state index contributed by atoms with van der Waals surface area (Å²) in [4.78, 5) is 26.4. The van der Waals surface area contributed by atoms with E-state index in [2.05, 4.69) is 0 Å². The number of ether oxygens (including phenoxy) is 1. The Morgan fingerprint density at radius 2 is 1.88 bits per heavy atom. The molecule has 1 saturated heterocycles. The van der Waals surface area contributed by atoms with Crippen LogP contribution < -0.4 is 0 Å². The summed E-state index contributed by atoms with van der Waals surface area (Å²) in [6.07, 6.45) is 4.91. The zero-order valence-electron chi connectivity index (χ0n) is 15.0. The lowest BCUT2D eigenvalue weighted by molar-refractivity contribution is -0.141. The van der Waals surface area contributed by atoms with Gasteiger partial charge in [0.25, 0.3) is 5.91 Å². The summed E-state index contributed by atoms with van der Waals surface area (Å²) < 4.78 is 5.57. The van der Waals surface area contributed by atoms with E-state index in [1.165, 1.54) is 0 Å². The molecular formula is C20H27NO4. The van der Waals surface area contributed by atoms with Crippen molar-refractivity contribution >= 4 is 11.9 Å². The van der Waals surface area contributed by atoms with Crippen molar-refractivity contribution in [2.45, 2.75) is 70.7 Å². The van der Waals surface area contributed by atoms with Gasteiger partial charge in [0.15, 0.2) is 0 Å². The molecule has 1 amide bonds. The van der Waals surface area contributed by atoms with Crippen LogP contribution >= 0.6 is 0 Å². The topological polar surface area (TPSA) is 66.8 Å². The molecule has 0 spiro atoms. The van der Waals surface area contributed by atoms with Crippen molar-refractivity contribution < 1.29 is 19.4 Å². The molecule has 5 heteroatoms. The van der Waals surface area contributed by atoms with Crippen molar-refractivity contribution in [3.8, 4) is 0 Å². The Labute approximate surface area is 149 Å². The van der Waals surface area contributed by atoms with Gasteiger partial charge < -0.3 is 14.7 Å². The van der Waals surface area contributed by atoms with E-state index in [0.717, 1.165) is 31.2 Å².